The first-order valence-corrected chi connectivity index (χ1v) is 7.54. The van der Waals surface area contributed by atoms with Crippen LogP contribution in [0.5, 0.6) is 0 Å². The summed E-state index contributed by atoms with van der Waals surface area (Å²) >= 11 is 0. The second kappa shape index (κ2) is 4.99. The van der Waals surface area contributed by atoms with Gasteiger partial charge in [0.1, 0.15) is 6.07 Å². The minimum Gasteiger partial charge on any atom is -0.272 e. The van der Waals surface area contributed by atoms with Crippen LogP contribution in [0.2, 0.25) is 0 Å². The molecule has 1 aromatic carbocycles. The van der Waals surface area contributed by atoms with Crippen molar-refractivity contribution in [2.24, 2.45) is 0 Å². The number of hydrogen-bond acceptors (Lipinski definition) is 3. The number of para-hydroxylation sites is 1. The molecule has 0 saturated heterocycles. The maximum Gasteiger partial charge on any atom is 0.237 e. The quantitative estimate of drug-likeness (QED) is 0.841. The summed E-state index contributed by atoms with van der Waals surface area (Å²) in [5.74, 6) is 0. The van der Waals surface area contributed by atoms with Crippen molar-refractivity contribution in [2.75, 3.05) is 11.4 Å². The monoisotopic (exact) mass is 264 g/mol. The molecule has 96 valence electrons. The van der Waals surface area contributed by atoms with Gasteiger partial charge in [-0.25, -0.2) is 8.42 Å². The van der Waals surface area contributed by atoms with E-state index in [-0.39, 0.29) is 5.25 Å². The van der Waals surface area contributed by atoms with E-state index in [4.69, 9.17) is 5.26 Å². The summed E-state index contributed by atoms with van der Waals surface area (Å²) in [6.45, 7) is 0. The second-order valence-electron chi connectivity index (χ2n) is 4.55. The molecule has 0 unspecified atom stereocenters. The van der Waals surface area contributed by atoms with E-state index in [1.807, 2.05) is 6.07 Å². The van der Waals surface area contributed by atoms with Crippen molar-refractivity contribution in [1.29, 1.82) is 5.26 Å². The third-order valence-corrected chi connectivity index (χ3v) is 5.74. The van der Waals surface area contributed by atoms with E-state index in [0.29, 0.717) is 11.3 Å². The largest absolute Gasteiger partial charge is 0.272 e. The summed E-state index contributed by atoms with van der Waals surface area (Å²) in [5.41, 5.74) is 0.855. The van der Waals surface area contributed by atoms with Gasteiger partial charge in [-0.3, -0.25) is 4.31 Å². The lowest BCUT2D eigenvalue weighted by Gasteiger charge is -2.24. The van der Waals surface area contributed by atoms with Gasteiger partial charge >= 0.3 is 0 Å². The lowest BCUT2D eigenvalue weighted by Crippen LogP contribution is -2.35. The molecule has 0 atom stereocenters. The number of benzene rings is 1. The SMILES string of the molecule is CN(c1ccccc1C#N)S(=O)(=O)C1CCCC1. The van der Waals surface area contributed by atoms with Crippen molar-refractivity contribution in [3.8, 4) is 6.07 Å². The smallest absolute Gasteiger partial charge is 0.237 e. The summed E-state index contributed by atoms with van der Waals surface area (Å²) in [7, 11) is -1.81. The van der Waals surface area contributed by atoms with E-state index in [9.17, 15) is 8.42 Å². The van der Waals surface area contributed by atoms with Crippen molar-refractivity contribution >= 4 is 15.7 Å². The molecule has 0 heterocycles. The van der Waals surface area contributed by atoms with Crippen LogP contribution in [-0.2, 0) is 10.0 Å². The van der Waals surface area contributed by atoms with Gasteiger partial charge in [0.2, 0.25) is 10.0 Å². The predicted octanol–water partition coefficient (Wildman–Crippen LogP) is 2.27. The number of rotatable bonds is 3. The average molecular weight is 264 g/mol. The maximum absolute atomic E-state index is 12.4. The highest BCUT2D eigenvalue weighted by Crippen LogP contribution is 2.30. The Hall–Kier alpha value is -1.54. The zero-order chi connectivity index (χ0) is 13.2. The van der Waals surface area contributed by atoms with Gasteiger partial charge in [0, 0.05) is 7.05 Å². The number of sulfonamides is 1. The Kier molecular flexibility index (Phi) is 3.58. The minimum atomic E-state index is -3.34. The molecule has 1 aliphatic carbocycles. The molecule has 1 aromatic rings. The molecule has 18 heavy (non-hydrogen) atoms. The summed E-state index contributed by atoms with van der Waals surface area (Å²) in [5, 5.41) is 8.73. The van der Waals surface area contributed by atoms with Gasteiger partial charge in [-0.15, -0.1) is 0 Å². The molecule has 0 amide bonds. The Labute approximate surface area is 108 Å². The van der Waals surface area contributed by atoms with Gasteiger partial charge in [-0.1, -0.05) is 25.0 Å². The van der Waals surface area contributed by atoms with Crippen LogP contribution in [0.3, 0.4) is 0 Å². The van der Waals surface area contributed by atoms with Gasteiger partial charge in [-0.2, -0.15) is 5.26 Å². The normalized spacial score (nSPS) is 16.4. The molecule has 0 bridgehead atoms. The summed E-state index contributed by atoms with van der Waals surface area (Å²) in [6.07, 6.45) is 3.39. The van der Waals surface area contributed by atoms with Gasteiger partial charge in [0.25, 0.3) is 0 Å². The molecule has 0 radical (unpaired) electrons. The highest BCUT2D eigenvalue weighted by atomic mass is 32.2. The number of anilines is 1. The van der Waals surface area contributed by atoms with Crippen LogP contribution < -0.4 is 4.31 Å². The lowest BCUT2D eigenvalue weighted by atomic mass is 10.2. The highest BCUT2D eigenvalue weighted by Gasteiger charge is 2.33. The van der Waals surface area contributed by atoms with E-state index >= 15 is 0 Å². The Bertz CT molecular complexity index is 569. The van der Waals surface area contributed by atoms with E-state index in [0.717, 1.165) is 25.7 Å². The van der Waals surface area contributed by atoms with Gasteiger partial charge in [0.05, 0.1) is 16.5 Å². The van der Waals surface area contributed by atoms with Crippen LogP contribution in [-0.4, -0.2) is 20.7 Å². The lowest BCUT2D eigenvalue weighted by molar-refractivity contribution is 0.578. The Morgan fingerprint density at radius 1 is 1.28 bits per heavy atom. The zero-order valence-electron chi connectivity index (χ0n) is 10.3. The molecule has 1 saturated carbocycles. The molecule has 0 N–H and O–H groups in total. The first-order chi connectivity index (χ1) is 8.57. The van der Waals surface area contributed by atoms with Crippen LogP contribution in [0.15, 0.2) is 24.3 Å². The highest BCUT2D eigenvalue weighted by molar-refractivity contribution is 7.93. The maximum atomic E-state index is 12.4. The van der Waals surface area contributed by atoms with Crippen molar-refractivity contribution in [3.05, 3.63) is 29.8 Å². The fourth-order valence-corrected chi connectivity index (χ4v) is 4.20. The van der Waals surface area contributed by atoms with Gasteiger partial charge in [-0.05, 0) is 25.0 Å². The van der Waals surface area contributed by atoms with Crippen molar-refractivity contribution in [1.82, 2.24) is 0 Å². The molecule has 0 aromatic heterocycles. The van der Waals surface area contributed by atoms with Crippen LogP contribution in [0.4, 0.5) is 5.69 Å². The Morgan fingerprint density at radius 3 is 2.50 bits per heavy atom. The van der Waals surface area contributed by atoms with E-state index in [1.165, 1.54) is 11.4 Å². The molecule has 5 heteroatoms. The van der Waals surface area contributed by atoms with Crippen LogP contribution >= 0.6 is 0 Å². The van der Waals surface area contributed by atoms with E-state index < -0.39 is 10.0 Å². The number of nitriles is 1. The van der Waals surface area contributed by atoms with Gasteiger partial charge < -0.3 is 0 Å². The standard InChI is InChI=1S/C13H16N2O2S/c1-15(13-9-5-2-6-11(13)10-14)18(16,17)12-7-3-4-8-12/h2,5-6,9,12H,3-4,7-8H2,1H3. The van der Waals surface area contributed by atoms with Crippen LogP contribution in [0, 0.1) is 11.3 Å². The molecule has 4 nitrogen and oxygen atoms in total. The first kappa shape index (κ1) is 12.9. The predicted molar refractivity (Wildman–Crippen MR) is 70.7 cm³/mol. The molecule has 2 rings (SSSR count). The second-order valence-corrected chi connectivity index (χ2v) is 6.79. The van der Waals surface area contributed by atoms with Crippen molar-refractivity contribution < 1.29 is 8.42 Å². The molecule has 1 aliphatic rings. The van der Waals surface area contributed by atoms with Crippen LogP contribution in [0.25, 0.3) is 0 Å². The Balaban J connectivity index is 2.36. The topological polar surface area (TPSA) is 61.2 Å². The summed E-state index contributed by atoms with van der Waals surface area (Å²) < 4.78 is 26.1. The first-order valence-electron chi connectivity index (χ1n) is 6.04. The average Bonchev–Trinajstić information content (AvgIpc) is 2.92. The van der Waals surface area contributed by atoms with E-state index in [2.05, 4.69) is 0 Å². The van der Waals surface area contributed by atoms with E-state index in [1.54, 1.807) is 24.3 Å². The molecule has 1 fully saturated rings. The van der Waals surface area contributed by atoms with Gasteiger partial charge in [0.15, 0.2) is 0 Å². The summed E-state index contributed by atoms with van der Waals surface area (Å²) in [6, 6.07) is 8.82. The molecule has 0 aliphatic heterocycles. The van der Waals surface area contributed by atoms with Crippen LogP contribution in [0.1, 0.15) is 31.2 Å². The zero-order valence-corrected chi connectivity index (χ0v) is 11.2. The Morgan fingerprint density at radius 2 is 1.89 bits per heavy atom. The minimum absolute atomic E-state index is 0.297. The fraction of sp³-hybridized carbons (Fsp3) is 0.462. The number of nitrogens with zero attached hydrogens (tertiary/aromatic N) is 2. The molecular formula is C13H16N2O2S. The molecule has 0 spiro atoms. The number of hydrogen-bond donors (Lipinski definition) is 0. The van der Waals surface area contributed by atoms with Crippen molar-refractivity contribution in [3.63, 3.8) is 0 Å². The molecular weight excluding hydrogens is 248 g/mol. The summed E-state index contributed by atoms with van der Waals surface area (Å²) in [4.78, 5) is 0. The third-order valence-electron chi connectivity index (χ3n) is 3.47. The van der Waals surface area contributed by atoms with Crippen molar-refractivity contribution in [2.45, 2.75) is 30.9 Å². The third kappa shape index (κ3) is 2.21. The fourth-order valence-electron chi connectivity index (χ4n) is 2.39.